The Kier molecular flexibility index (Phi) is 4.27. The van der Waals surface area contributed by atoms with Crippen molar-refractivity contribution in [2.45, 2.75) is 31.7 Å². The smallest absolute Gasteiger partial charge is 0.253 e. The van der Waals surface area contributed by atoms with E-state index in [0.29, 0.717) is 17.0 Å². The summed E-state index contributed by atoms with van der Waals surface area (Å²) in [5.41, 5.74) is 0.744. The van der Waals surface area contributed by atoms with Crippen LogP contribution in [0.1, 0.15) is 36.0 Å². The first-order valence-corrected chi connectivity index (χ1v) is 7.88. The molecule has 1 aromatic carbocycles. The molecule has 1 amide bonds. The first-order chi connectivity index (χ1) is 9.72. The van der Waals surface area contributed by atoms with Crippen LogP contribution in [-0.2, 0) is 0 Å². The van der Waals surface area contributed by atoms with E-state index >= 15 is 0 Å². The molecule has 1 aliphatic heterocycles. The number of carbonyl (C=O) groups excluding carboxylic acids is 1. The molecule has 1 aliphatic carbocycles. The molecule has 1 saturated heterocycles. The molecule has 3 nitrogen and oxygen atoms in total. The molecule has 0 spiro atoms. The van der Waals surface area contributed by atoms with Crippen LogP contribution in [0.2, 0.25) is 5.02 Å². The fourth-order valence-electron chi connectivity index (χ4n) is 2.81. The first kappa shape index (κ1) is 13.9. The fraction of sp³-hybridized carbons (Fsp3) is 0.562. The Hall–Kier alpha value is -1.06. The van der Waals surface area contributed by atoms with Crippen molar-refractivity contribution in [3.05, 3.63) is 34.9 Å². The second kappa shape index (κ2) is 6.15. The largest absolute Gasteiger partial charge is 0.337 e. The van der Waals surface area contributed by atoms with E-state index in [-0.39, 0.29) is 5.91 Å². The van der Waals surface area contributed by atoms with Crippen LogP contribution in [0.15, 0.2) is 24.3 Å². The molecule has 3 rings (SSSR count). The van der Waals surface area contributed by atoms with Crippen molar-refractivity contribution in [3.8, 4) is 0 Å². The lowest BCUT2D eigenvalue weighted by Gasteiger charge is -2.26. The van der Waals surface area contributed by atoms with Gasteiger partial charge < -0.3 is 10.2 Å². The topological polar surface area (TPSA) is 32.3 Å². The number of carbonyl (C=O) groups is 1. The van der Waals surface area contributed by atoms with Gasteiger partial charge in [-0.3, -0.25) is 4.79 Å². The van der Waals surface area contributed by atoms with Gasteiger partial charge in [-0.15, -0.1) is 0 Å². The molecular weight excluding hydrogens is 272 g/mol. The van der Waals surface area contributed by atoms with Crippen LogP contribution >= 0.6 is 11.6 Å². The van der Waals surface area contributed by atoms with E-state index in [4.69, 9.17) is 11.6 Å². The zero-order chi connectivity index (χ0) is 13.9. The highest BCUT2D eigenvalue weighted by Crippen LogP contribution is 2.30. The van der Waals surface area contributed by atoms with Crippen molar-refractivity contribution in [3.63, 3.8) is 0 Å². The van der Waals surface area contributed by atoms with Gasteiger partial charge in [0.05, 0.1) is 0 Å². The quantitative estimate of drug-likeness (QED) is 0.905. The predicted molar refractivity (Wildman–Crippen MR) is 81.1 cm³/mol. The van der Waals surface area contributed by atoms with E-state index < -0.39 is 0 Å². The van der Waals surface area contributed by atoms with Crippen LogP contribution in [0.5, 0.6) is 0 Å². The molecule has 1 heterocycles. The summed E-state index contributed by atoms with van der Waals surface area (Å²) in [5, 5.41) is 4.16. The number of rotatable bonds is 5. The molecule has 1 atom stereocenters. The summed E-state index contributed by atoms with van der Waals surface area (Å²) in [4.78, 5) is 14.7. The molecule has 0 bridgehead atoms. The summed E-state index contributed by atoms with van der Waals surface area (Å²) in [6.45, 7) is 2.81. The average molecular weight is 293 g/mol. The van der Waals surface area contributed by atoms with E-state index in [1.165, 1.54) is 25.7 Å². The van der Waals surface area contributed by atoms with Gasteiger partial charge in [-0.05, 0) is 62.4 Å². The van der Waals surface area contributed by atoms with Crippen molar-refractivity contribution in [1.82, 2.24) is 10.2 Å². The van der Waals surface area contributed by atoms with Crippen molar-refractivity contribution in [2.75, 3.05) is 19.6 Å². The summed E-state index contributed by atoms with van der Waals surface area (Å²) in [5.74, 6) is 0.856. The summed E-state index contributed by atoms with van der Waals surface area (Å²) in [6.07, 6.45) is 4.93. The lowest BCUT2D eigenvalue weighted by atomic mass is 10.1. The Balaban J connectivity index is 1.69. The van der Waals surface area contributed by atoms with E-state index in [1.807, 2.05) is 17.0 Å². The third kappa shape index (κ3) is 3.53. The van der Waals surface area contributed by atoms with Gasteiger partial charge in [-0.1, -0.05) is 11.6 Å². The maximum absolute atomic E-state index is 12.7. The van der Waals surface area contributed by atoms with E-state index in [2.05, 4.69) is 5.32 Å². The zero-order valence-corrected chi connectivity index (χ0v) is 12.4. The summed E-state index contributed by atoms with van der Waals surface area (Å²) in [6, 6.07) is 7.69. The number of amides is 1. The molecule has 20 heavy (non-hydrogen) atoms. The third-order valence-corrected chi connectivity index (χ3v) is 4.41. The van der Waals surface area contributed by atoms with Crippen LogP contribution in [0.25, 0.3) is 0 Å². The number of hydrogen-bond donors (Lipinski definition) is 1. The van der Waals surface area contributed by atoms with Gasteiger partial charge in [-0.25, -0.2) is 0 Å². The highest BCUT2D eigenvalue weighted by molar-refractivity contribution is 6.30. The molecule has 1 N–H and O–H groups in total. The van der Waals surface area contributed by atoms with Gasteiger partial charge in [-0.2, -0.15) is 0 Å². The maximum Gasteiger partial charge on any atom is 0.253 e. The van der Waals surface area contributed by atoms with Gasteiger partial charge in [0, 0.05) is 29.7 Å². The Morgan fingerprint density at radius 2 is 1.95 bits per heavy atom. The van der Waals surface area contributed by atoms with Crippen molar-refractivity contribution in [1.29, 1.82) is 0 Å². The van der Waals surface area contributed by atoms with Crippen LogP contribution in [-0.4, -0.2) is 36.5 Å². The maximum atomic E-state index is 12.7. The standard InChI is InChI=1S/C16H21ClN2O/c17-14-7-5-13(6-8-14)16(20)19(10-12-3-4-12)11-15-2-1-9-18-15/h5-8,12,15,18H,1-4,9-11H2. The lowest BCUT2D eigenvalue weighted by molar-refractivity contribution is 0.0733. The van der Waals surface area contributed by atoms with Gasteiger partial charge in [0.2, 0.25) is 0 Å². The normalized spacial score (nSPS) is 21.9. The van der Waals surface area contributed by atoms with E-state index in [1.54, 1.807) is 12.1 Å². The van der Waals surface area contributed by atoms with Crippen molar-refractivity contribution in [2.24, 2.45) is 5.92 Å². The third-order valence-electron chi connectivity index (χ3n) is 4.16. The Morgan fingerprint density at radius 1 is 1.20 bits per heavy atom. The summed E-state index contributed by atoms with van der Waals surface area (Å²) in [7, 11) is 0. The number of nitrogens with zero attached hydrogens (tertiary/aromatic N) is 1. The molecule has 1 saturated carbocycles. The lowest BCUT2D eigenvalue weighted by Crippen LogP contribution is -2.42. The minimum Gasteiger partial charge on any atom is -0.337 e. The van der Waals surface area contributed by atoms with Crippen LogP contribution in [0.3, 0.4) is 0 Å². The number of hydrogen-bond acceptors (Lipinski definition) is 2. The van der Waals surface area contributed by atoms with Crippen LogP contribution in [0.4, 0.5) is 0 Å². The van der Waals surface area contributed by atoms with Gasteiger partial charge in [0.1, 0.15) is 0 Å². The minimum atomic E-state index is 0.141. The molecule has 4 heteroatoms. The Morgan fingerprint density at radius 3 is 2.55 bits per heavy atom. The predicted octanol–water partition coefficient (Wildman–Crippen LogP) is 2.94. The highest BCUT2D eigenvalue weighted by atomic mass is 35.5. The molecule has 0 aromatic heterocycles. The average Bonchev–Trinajstić information content (AvgIpc) is 3.12. The molecule has 1 unspecified atom stereocenters. The second-order valence-corrected chi connectivity index (χ2v) is 6.39. The first-order valence-electron chi connectivity index (χ1n) is 7.50. The molecule has 2 aliphatic rings. The van der Waals surface area contributed by atoms with Crippen LogP contribution in [0, 0.1) is 5.92 Å². The molecule has 2 fully saturated rings. The number of halogens is 1. The minimum absolute atomic E-state index is 0.141. The van der Waals surface area contributed by atoms with Crippen molar-refractivity contribution < 1.29 is 4.79 Å². The Labute approximate surface area is 125 Å². The summed E-state index contributed by atoms with van der Waals surface area (Å²) >= 11 is 5.89. The molecule has 1 aromatic rings. The fourth-order valence-corrected chi connectivity index (χ4v) is 2.93. The second-order valence-electron chi connectivity index (χ2n) is 5.95. The highest BCUT2D eigenvalue weighted by Gasteiger charge is 2.29. The van der Waals surface area contributed by atoms with Gasteiger partial charge in [0.15, 0.2) is 0 Å². The Bertz CT molecular complexity index is 464. The number of benzene rings is 1. The molecule has 0 radical (unpaired) electrons. The van der Waals surface area contributed by atoms with E-state index in [0.717, 1.165) is 25.2 Å². The monoisotopic (exact) mass is 292 g/mol. The molecular formula is C16H21ClN2O. The van der Waals surface area contributed by atoms with Crippen molar-refractivity contribution >= 4 is 17.5 Å². The van der Waals surface area contributed by atoms with Gasteiger partial charge in [0.25, 0.3) is 5.91 Å². The molecule has 108 valence electrons. The number of nitrogens with one attached hydrogen (secondary N) is 1. The van der Waals surface area contributed by atoms with Gasteiger partial charge >= 0.3 is 0 Å². The van der Waals surface area contributed by atoms with Crippen LogP contribution < -0.4 is 5.32 Å². The zero-order valence-electron chi connectivity index (χ0n) is 11.6. The summed E-state index contributed by atoms with van der Waals surface area (Å²) < 4.78 is 0. The SMILES string of the molecule is O=C(c1ccc(Cl)cc1)N(CC1CC1)CC1CCCN1. The van der Waals surface area contributed by atoms with E-state index in [9.17, 15) is 4.79 Å².